The molecule has 0 spiro atoms. The van der Waals surface area contributed by atoms with Crippen molar-refractivity contribution in [1.82, 2.24) is 10.2 Å². The highest BCUT2D eigenvalue weighted by atomic mass is 19.1. The lowest BCUT2D eigenvalue weighted by molar-refractivity contribution is 0.194. The lowest BCUT2D eigenvalue weighted by Crippen LogP contribution is -2.38. The molecule has 0 aliphatic rings. The largest absolute Gasteiger partial charge is 0.493 e. The number of hydrogen-bond donors (Lipinski definition) is 1. The first-order valence-electron chi connectivity index (χ1n) is 7.93. The Labute approximate surface area is 147 Å². The molecule has 25 heavy (non-hydrogen) atoms. The number of ether oxygens (including phenoxy) is 2. The minimum atomic E-state index is -0.295. The minimum absolute atomic E-state index is 0.175. The van der Waals surface area contributed by atoms with E-state index < -0.39 is 0 Å². The number of urea groups is 1. The molecule has 0 saturated carbocycles. The molecule has 0 radical (unpaired) electrons. The molecule has 2 aromatic rings. The number of nitrogens with zero attached hydrogens (tertiary/aromatic N) is 1. The van der Waals surface area contributed by atoms with E-state index in [9.17, 15) is 9.18 Å². The zero-order valence-electron chi connectivity index (χ0n) is 14.9. The number of carbonyl (C=O) groups excluding carboxylic acids is 1. The highest BCUT2D eigenvalue weighted by Gasteiger charge is 2.17. The van der Waals surface area contributed by atoms with Crippen LogP contribution in [0.15, 0.2) is 42.5 Å². The maximum absolute atomic E-state index is 13.0. The van der Waals surface area contributed by atoms with E-state index >= 15 is 0 Å². The second kappa shape index (κ2) is 8.37. The summed E-state index contributed by atoms with van der Waals surface area (Å²) in [7, 11) is 4.85. The molecule has 2 aromatic carbocycles. The zero-order chi connectivity index (χ0) is 18.4. The van der Waals surface area contributed by atoms with Crippen LogP contribution in [0.5, 0.6) is 11.5 Å². The van der Waals surface area contributed by atoms with Crippen molar-refractivity contribution in [1.29, 1.82) is 0 Å². The quantitative estimate of drug-likeness (QED) is 0.867. The van der Waals surface area contributed by atoms with E-state index in [1.165, 1.54) is 12.1 Å². The number of methoxy groups -OCH3 is 2. The van der Waals surface area contributed by atoms with Gasteiger partial charge in [-0.05, 0) is 42.3 Å². The second-order valence-corrected chi connectivity index (χ2v) is 5.69. The minimum Gasteiger partial charge on any atom is -0.493 e. The van der Waals surface area contributed by atoms with E-state index in [-0.39, 0.29) is 17.9 Å². The monoisotopic (exact) mass is 346 g/mol. The molecule has 5 nitrogen and oxygen atoms in total. The summed E-state index contributed by atoms with van der Waals surface area (Å²) >= 11 is 0. The Morgan fingerprint density at radius 2 is 1.76 bits per heavy atom. The highest BCUT2D eigenvalue weighted by molar-refractivity contribution is 5.74. The number of rotatable bonds is 6. The van der Waals surface area contributed by atoms with E-state index in [0.29, 0.717) is 18.0 Å². The molecule has 6 heteroatoms. The summed E-state index contributed by atoms with van der Waals surface area (Å²) in [5, 5.41) is 2.87. The van der Waals surface area contributed by atoms with Gasteiger partial charge in [-0.15, -0.1) is 0 Å². The molecule has 2 amide bonds. The summed E-state index contributed by atoms with van der Waals surface area (Å²) in [6.45, 7) is 2.25. The SMILES string of the molecule is COc1ccc(CNC(=O)N(C)[C@@H](C)c2ccc(F)cc2)cc1OC. The molecule has 0 aliphatic carbocycles. The number of amides is 2. The Morgan fingerprint density at radius 1 is 1.12 bits per heavy atom. The van der Waals surface area contributed by atoms with Gasteiger partial charge in [-0.1, -0.05) is 18.2 Å². The van der Waals surface area contributed by atoms with Crippen LogP contribution in [0.2, 0.25) is 0 Å². The fraction of sp³-hybridized carbons (Fsp3) is 0.316. The van der Waals surface area contributed by atoms with Crippen LogP contribution in [0.4, 0.5) is 9.18 Å². The lowest BCUT2D eigenvalue weighted by atomic mass is 10.1. The van der Waals surface area contributed by atoms with Crippen LogP contribution in [-0.4, -0.2) is 32.2 Å². The standard InChI is InChI=1S/C19H23FN2O3/c1-13(15-6-8-16(20)9-7-15)22(2)19(23)21-12-14-5-10-17(24-3)18(11-14)25-4/h5-11,13H,12H2,1-4H3,(H,21,23)/t13-/m0/s1. The Kier molecular flexibility index (Phi) is 6.22. The Hall–Kier alpha value is -2.76. The lowest BCUT2D eigenvalue weighted by Gasteiger charge is -2.25. The third-order valence-electron chi connectivity index (χ3n) is 4.15. The average molecular weight is 346 g/mol. The number of halogens is 1. The van der Waals surface area contributed by atoms with Gasteiger partial charge in [0.1, 0.15) is 5.82 Å². The van der Waals surface area contributed by atoms with Crippen molar-refractivity contribution in [2.75, 3.05) is 21.3 Å². The van der Waals surface area contributed by atoms with Gasteiger partial charge in [0.2, 0.25) is 0 Å². The summed E-state index contributed by atoms with van der Waals surface area (Å²) < 4.78 is 23.5. The highest BCUT2D eigenvalue weighted by Crippen LogP contribution is 2.27. The van der Waals surface area contributed by atoms with Gasteiger partial charge in [-0.25, -0.2) is 9.18 Å². The first-order valence-corrected chi connectivity index (χ1v) is 7.93. The van der Waals surface area contributed by atoms with Gasteiger partial charge in [0.15, 0.2) is 11.5 Å². The van der Waals surface area contributed by atoms with Gasteiger partial charge in [0.25, 0.3) is 0 Å². The van der Waals surface area contributed by atoms with Gasteiger partial charge in [0.05, 0.1) is 20.3 Å². The molecule has 0 aromatic heterocycles. The summed E-state index contributed by atoms with van der Waals surface area (Å²) in [6, 6.07) is 11.2. The number of carbonyl (C=O) groups is 1. The maximum atomic E-state index is 13.0. The van der Waals surface area contributed by atoms with Crippen LogP contribution in [0.1, 0.15) is 24.1 Å². The zero-order valence-corrected chi connectivity index (χ0v) is 14.9. The molecular formula is C19H23FN2O3. The number of hydrogen-bond acceptors (Lipinski definition) is 3. The molecule has 1 N–H and O–H groups in total. The Morgan fingerprint density at radius 3 is 2.36 bits per heavy atom. The fourth-order valence-electron chi connectivity index (χ4n) is 2.43. The molecule has 0 fully saturated rings. The molecule has 0 aliphatic heterocycles. The molecule has 2 rings (SSSR count). The van der Waals surface area contributed by atoms with Gasteiger partial charge >= 0.3 is 6.03 Å². The van der Waals surface area contributed by atoms with Crippen molar-refractivity contribution in [3.63, 3.8) is 0 Å². The van der Waals surface area contributed by atoms with Crippen LogP contribution >= 0.6 is 0 Å². The number of benzene rings is 2. The van der Waals surface area contributed by atoms with E-state index in [1.54, 1.807) is 44.4 Å². The van der Waals surface area contributed by atoms with Crippen molar-refractivity contribution in [3.8, 4) is 11.5 Å². The molecule has 0 saturated heterocycles. The third kappa shape index (κ3) is 4.62. The van der Waals surface area contributed by atoms with Crippen LogP contribution in [0.3, 0.4) is 0 Å². The summed E-state index contributed by atoms with van der Waals surface area (Å²) in [6.07, 6.45) is 0. The normalized spacial score (nSPS) is 11.6. The van der Waals surface area contributed by atoms with Crippen molar-refractivity contribution in [2.24, 2.45) is 0 Å². The predicted octanol–water partition coefficient (Wildman–Crippen LogP) is 3.75. The number of nitrogens with one attached hydrogen (secondary N) is 1. The van der Waals surface area contributed by atoms with E-state index in [1.807, 2.05) is 19.1 Å². The first-order chi connectivity index (χ1) is 12.0. The van der Waals surface area contributed by atoms with Crippen LogP contribution in [-0.2, 0) is 6.54 Å². The van der Waals surface area contributed by atoms with Gasteiger partial charge in [-0.2, -0.15) is 0 Å². The molecular weight excluding hydrogens is 323 g/mol. The van der Waals surface area contributed by atoms with Crippen LogP contribution in [0.25, 0.3) is 0 Å². The molecule has 1 atom stereocenters. The van der Waals surface area contributed by atoms with E-state index in [0.717, 1.165) is 11.1 Å². The van der Waals surface area contributed by atoms with Crippen molar-refractivity contribution >= 4 is 6.03 Å². The van der Waals surface area contributed by atoms with Crippen LogP contribution < -0.4 is 14.8 Å². The predicted molar refractivity (Wildman–Crippen MR) is 94.4 cm³/mol. The third-order valence-corrected chi connectivity index (χ3v) is 4.15. The van der Waals surface area contributed by atoms with Gasteiger partial charge in [0, 0.05) is 13.6 Å². The van der Waals surface area contributed by atoms with Crippen molar-refractivity contribution < 1.29 is 18.7 Å². The van der Waals surface area contributed by atoms with Crippen molar-refractivity contribution in [2.45, 2.75) is 19.5 Å². The Balaban J connectivity index is 1.98. The molecule has 0 bridgehead atoms. The van der Waals surface area contributed by atoms with Gasteiger partial charge in [-0.3, -0.25) is 0 Å². The second-order valence-electron chi connectivity index (χ2n) is 5.69. The van der Waals surface area contributed by atoms with Crippen LogP contribution in [0, 0.1) is 5.82 Å². The van der Waals surface area contributed by atoms with Gasteiger partial charge < -0.3 is 19.7 Å². The summed E-state index contributed by atoms with van der Waals surface area (Å²) in [5.41, 5.74) is 1.76. The Bertz CT molecular complexity index is 719. The molecule has 134 valence electrons. The smallest absolute Gasteiger partial charge is 0.317 e. The van der Waals surface area contributed by atoms with E-state index in [4.69, 9.17) is 9.47 Å². The molecule has 0 unspecified atom stereocenters. The molecule has 0 heterocycles. The maximum Gasteiger partial charge on any atom is 0.317 e. The van der Waals surface area contributed by atoms with E-state index in [2.05, 4.69) is 5.32 Å². The summed E-state index contributed by atoms with van der Waals surface area (Å²) in [5.74, 6) is 0.957. The fourth-order valence-corrected chi connectivity index (χ4v) is 2.43. The topological polar surface area (TPSA) is 50.8 Å². The van der Waals surface area contributed by atoms with Crippen molar-refractivity contribution in [3.05, 3.63) is 59.4 Å². The average Bonchev–Trinajstić information content (AvgIpc) is 2.65. The first kappa shape index (κ1) is 18.6. The summed E-state index contributed by atoms with van der Waals surface area (Å²) in [4.78, 5) is 13.9.